The lowest BCUT2D eigenvalue weighted by molar-refractivity contribution is -0.148. The average molecular weight is 420 g/mol. The number of nitriles is 1. The van der Waals surface area contributed by atoms with E-state index in [1.165, 1.54) is 13.0 Å². The largest absolute Gasteiger partial charge is 0.486 e. The van der Waals surface area contributed by atoms with E-state index in [0.29, 0.717) is 41.9 Å². The molecule has 1 heterocycles. The van der Waals surface area contributed by atoms with E-state index in [2.05, 4.69) is 19.2 Å². The monoisotopic (exact) mass is 420 g/mol. The van der Waals surface area contributed by atoms with Crippen LogP contribution >= 0.6 is 0 Å². The summed E-state index contributed by atoms with van der Waals surface area (Å²) in [7, 11) is 0. The molecule has 0 bridgehead atoms. The zero-order valence-electron chi connectivity index (χ0n) is 17.7. The second kappa shape index (κ2) is 9.81. The Morgan fingerprint density at radius 1 is 1.06 bits per heavy atom. The molecule has 1 atom stereocenters. The summed E-state index contributed by atoms with van der Waals surface area (Å²) in [6, 6.07) is 14.4. The van der Waals surface area contributed by atoms with Crippen molar-refractivity contribution in [3.8, 4) is 17.6 Å². The van der Waals surface area contributed by atoms with Gasteiger partial charge in [-0.15, -0.1) is 0 Å². The van der Waals surface area contributed by atoms with Crippen LogP contribution < -0.4 is 14.8 Å². The smallest absolute Gasteiger partial charge is 0.349 e. The van der Waals surface area contributed by atoms with Crippen molar-refractivity contribution in [1.29, 1.82) is 5.26 Å². The van der Waals surface area contributed by atoms with E-state index in [1.807, 2.05) is 30.3 Å². The van der Waals surface area contributed by atoms with Crippen molar-refractivity contribution in [1.82, 2.24) is 0 Å². The Morgan fingerprint density at radius 3 is 2.39 bits per heavy atom. The quantitative estimate of drug-likeness (QED) is 0.430. The summed E-state index contributed by atoms with van der Waals surface area (Å²) < 4.78 is 16.1. The number of carbonyl (C=O) groups excluding carboxylic acids is 2. The van der Waals surface area contributed by atoms with Crippen molar-refractivity contribution in [2.45, 2.75) is 32.8 Å². The first-order chi connectivity index (χ1) is 14.9. The molecule has 0 radical (unpaired) electrons. The van der Waals surface area contributed by atoms with Gasteiger partial charge in [-0.3, -0.25) is 4.79 Å². The molecule has 31 heavy (non-hydrogen) atoms. The normalized spacial score (nSPS) is 13.8. The molecule has 0 spiro atoms. The molecule has 1 amide bonds. The summed E-state index contributed by atoms with van der Waals surface area (Å²) in [5.41, 5.74) is 2.16. The number of carbonyl (C=O) groups is 2. The van der Waals surface area contributed by atoms with Gasteiger partial charge >= 0.3 is 5.97 Å². The fourth-order valence-electron chi connectivity index (χ4n) is 2.92. The van der Waals surface area contributed by atoms with Crippen LogP contribution in [0.5, 0.6) is 11.5 Å². The molecule has 0 saturated carbocycles. The summed E-state index contributed by atoms with van der Waals surface area (Å²) >= 11 is 0. The van der Waals surface area contributed by atoms with Gasteiger partial charge in [-0.1, -0.05) is 38.1 Å². The Hall–Kier alpha value is -3.79. The number of hydrogen-bond acceptors (Lipinski definition) is 6. The summed E-state index contributed by atoms with van der Waals surface area (Å²) in [5.74, 6) is 0.136. The number of benzene rings is 2. The second-order valence-corrected chi connectivity index (χ2v) is 7.39. The van der Waals surface area contributed by atoms with Gasteiger partial charge in [0, 0.05) is 11.8 Å². The number of ether oxygens (including phenoxy) is 3. The maximum atomic E-state index is 12.4. The lowest BCUT2D eigenvalue weighted by Crippen LogP contribution is -2.30. The highest BCUT2D eigenvalue weighted by atomic mass is 16.6. The second-order valence-electron chi connectivity index (χ2n) is 7.39. The summed E-state index contributed by atoms with van der Waals surface area (Å²) in [4.78, 5) is 24.8. The summed E-state index contributed by atoms with van der Waals surface area (Å²) in [6.45, 7) is 6.52. The molecule has 7 nitrogen and oxygen atoms in total. The van der Waals surface area contributed by atoms with Crippen molar-refractivity contribution in [2.24, 2.45) is 0 Å². The van der Waals surface area contributed by atoms with Crippen molar-refractivity contribution in [3.05, 3.63) is 59.2 Å². The molecule has 1 N–H and O–H groups in total. The summed E-state index contributed by atoms with van der Waals surface area (Å²) in [5, 5.41) is 12.0. The van der Waals surface area contributed by atoms with Crippen LogP contribution in [0, 0.1) is 11.3 Å². The minimum atomic E-state index is -1.10. The first kappa shape index (κ1) is 21.9. The van der Waals surface area contributed by atoms with Crippen molar-refractivity contribution < 1.29 is 23.8 Å². The van der Waals surface area contributed by atoms with Gasteiger partial charge in [-0.25, -0.2) is 4.79 Å². The highest BCUT2D eigenvalue weighted by molar-refractivity contribution is 6.01. The molecule has 2 aromatic rings. The molecule has 160 valence electrons. The van der Waals surface area contributed by atoms with Gasteiger partial charge in [0.2, 0.25) is 0 Å². The Kier molecular flexibility index (Phi) is 6.93. The van der Waals surface area contributed by atoms with Crippen LogP contribution in [0.2, 0.25) is 0 Å². The van der Waals surface area contributed by atoms with Gasteiger partial charge < -0.3 is 19.5 Å². The van der Waals surface area contributed by atoms with E-state index in [1.54, 1.807) is 18.2 Å². The topological polar surface area (TPSA) is 97.7 Å². The Balaban J connectivity index is 1.62. The maximum absolute atomic E-state index is 12.4. The minimum absolute atomic E-state index is 0.184. The number of nitrogens with one attached hydrogen (secondary N) is 1. The van der Waals surface area contributed by atoms with Gasteiger partial charge in [-0.2, -0.15) is 5.26 Å². The molecule has 0 saturated heterocycles. The van der Waals surface area contributed by atoms with E-state index < -0.39 is 18.0 Å². The fraction of sp³-hybridized carbons (Fsp3) is 0.292. The van der Waals surface area contributed by atoms with Crippen LogP contribution in [0.4, 0.5) is 5.69 Å². The molecule has 0 aromatic heterocycles. The molecule has 3 rings (SSSR count). The van der Waals surface area contributed by atoms with E-state index in [0.717, 1.165) is 5.56 Å². The molecule has 0 unspecified atom stereocenters. The third-order valence-electron chi connectivity index (χ3n) is 4.72. The fourth-order valence-corrected chi connectivity index (χ4v) is 2.92. The summed E-state index contributed by atoms with van der Waals surface area (Å²) in [6.07, 6.45) is 0.346. The predicted octanol–water partition coefficient (Wildman–Crippen LogP) is 4.06. The molecule has 2 aromatic carbocycles. The van der Waals surface area contributed by atoms with Crippen molar-refractivity contribution in [3.63, 3.8) is 0 Å². The lowest BCUT2D eigenvalue weighted by Gasteiger charge is -2.19. The zero-order chi connectivity index (χ0) is 22.4. The number of rotatable bonds is 6. The van der Waals surface area contributed by atoms with Gasteiger partial charge in [0.15, 0.2) is 17.6 Å². The molecule has 0 aliphatic carbocycles. The van der Waals surface area contributed by atoms with Gasteiger partial charge in [-0.05, 0) is 42.2 Å². The molecule has 0 fully saturated rings. The van der Waals surface area contributed by atoms with E-state index in [9.17, 15) is 14.9 Å². The SMILES string of the molecule is CC(C)c1ccc(/C=C(\C#N)C(=O)O[C@@H](C)C(=O)Nc2ccc3c(c2)OCCO3)cc1. The standard InChI is InChI=1S/C24H24N2O5/c1-15(2)18-6-4-17(5-7-18)12-19(14-25)24(28)31-16(3)23(27)26-20-8-9-21-22(13-20)30-11-10-29-21/h4-9,12-13,15-16H,10-11H2,1-3H3,(H,26,27)/b19-12+/t16-/m0/s1. The number of esters is 1. The van der Waals surface area contributed by atoms with Crippen molar-refractivity contribution in [2.75, 3.05) is 18.5 Å². The van der Waals surface area contributed by atoms with Gasteiger partial charge in [0.1, 0.15) is 24.9 Å². The third kappa shape index (κ3) is 5.64. The average Bonchev–Trinajstić information content (AvgIpc) is 2.77. The first-order valence-electron chi connectivity index (χ1n) is 10.0. The number of fused-ring (bicyclic) bond motifs is 1. The Morgan fingerprint density at radius 2 is 1.74 bits per heavy atom. The Labute approximate surface area is 181 Å². The van der Waals surface area contributed by atoms with Crippen LogP contribution in [0.25, 0.3) is 6.08 Å². The lowest BCUT2D eigenvalue weighted by atomic mass is 10.0. The highest BCUT2D eigenvalue weighted by Gasteiger charge is 2.21. The zero-order valence-corrected chi connectivity index (χ0v) is 17.7. The van der Waals surface area contributed by atoms with E-state index in [4.69, 9.17) is 14.2 Å². The number of nitrogens with zero attached hydrogens (tertiary/aromatic N) is 1. The van der Waals surface area contributed by atoms with Crippen LogP contribution in [0.1, 0.15) is 37.8 Å². The predicted molar refractivity (Wildman–Crippen MR) is 116 cm³/mol. The van der Waals surface area contributed by atoms with Crippen LogP contribution in [0.3, 0.4) is 0 Å². The van der Waals surface area contributed by atoms with Crippen molar-refractivity contribution >= 4 is 23.6 Å². The number of amides is 1. The van der Waals surface area contributed by atoms with E-state index >= 15 is 0 Å². The molecule has 1 aliphatic heterocycles. The van der Waals surface area contributed by atoms with Gasteiger partial charge in [0.05, 0.1) is 0 Å². The van der Waals surface area contributed by atoms with Crippen LogP contribution in [-0.4, -0.2) is 31.2 Å². The number of hydrogen-bond donors (Lipinski definition) is 1. The third-order valence-corrected chi connectivity index (χ3v) is 4.72. The molecular formula is C24H24N2O5. The van der Waals surface area contributed by atoms with Crippen LogP contribution in [-0.2, 0) is 14.3 Å². The first-order valence-corrected chi connectivity index (χ1v) is 10.0. The highest BCUT2D eigenvalue weighted by Crippen LogP contribution is 2.32. The molecule has 1 aliphatic rings. The Bertz CT molecular complexity index is 1030. The molecule has 7 heteroatoms. The minimum Gasteiger partial charge on any atom is -0.486 e. The molecular weight excluding hydrogens is 396 g/mol. The van der Waals surface area contributed by atoms with E-state index in [-0.39, 0.29) is 5.57 Å². The maximum Gasteiger partial charge on any atom is 0.349 e. The van der Waals surface area contributed by atoms with Crippen LogP contribution in [0.15, 0.2) is 48.0 Å². The van der Waals surface area contributed by atoms with Gasteiger partial charge in [0.25, 0.3) is 5.91 Å². The number of anilines is 1.